The highest BCUT2D eigenvalue weighted by Crippen LogP contribution is 2.39. The minimum Gasteiger partial charge on any atom is -0.0720 e. The summed E-state index contributed by atoms with van der Waals surface area (Å²) in [4.78, 5) is 0. The van der Waals surface area contributed by atoms with Crippen LogP contribution >= 0.6 is 0 Å². The molecule has 2 aromatic rings. The van der Waals surface area contributed by atoms with Crippen molar-refractivity contribution in [1.29, 1.82) is 0 Å². The summed E-state index contributed by atoms with van der Waals surface area (Å²) in [6.45, 7) is 11.5. The zero-order chi connectivity index (χ0) is 15.9. The van der Waals surface area contributed by atoms with E-state index in [2.05, 4.69) is 89.2 Å². The average molecular weight is 290 g/mol. The maximum atomic E-state index is 2.43. The van der Waals surface area contributed by atoms with Crippen LogP contribution in [0.2, 0.25) is 0 Å². The van der Waals surface area contributed by atoms with Gasteiger partial charge < -0.3 is 0 Å². The molecule has 0 aliphatic heterocycles. The Morgan fingerprint density at radius 1 is 0.909 bits per heavy atom. The molecule has 1 unspecified atom stereocenters. The molecule has 0 saturated carbocycles. The van der Waals surface area contributed by atoms with Crippen molar-refractivity contribution in [1.82, 2.24) is 0 Å². The van der Waals surface area contributed by atoms with Crippen LogP contribution in [-0.2, 0) is 5.41 Å². The lowest BCUT2D eigenvalue weighted by Crippen LogP contribution is -2.13. The minimum atomic E-state index is 0.200. The van der Waals surface area contributed by atoms with Crippen molar-refractivity contribution >= 4 is 6.08 Å². The standard InChI is InChI=1S/C22H26/c1-15(2)21-14-17(22(3,4)5)11-13-20(21)19-12-10-16-8-6-7-9-18(16)19/h6-15,19H,1-5H3. The Morgan fingerprint density at radius 2 is 1.64 bits per heavy atom. The molecule has 0 saturated heterocycles. The zero-order valence-corrected chi connectivity index (χ0v) is 14.4. The van der Waals surface area contributed by atoms with Gasteiger partial charge in [-0.1, -0.05) is 89.2 Å². The highest BCUT2D eigenvalue weighted by atomic mass is 14.3. The number of allylic oxidation sites excluding steroid dienone is 1. The largest absolute Gasteiger partial charge is 0.0720 e. The lowest BCUT2D eigenvalue weighted by atomic mass is 9.80. The van der Waals surface area contributed by atoms with E-state index in [1.165, 1.54) is 27.8 Å². The Bertz CT molecular complexity index is 711. The highest BCUT2D eigenvalue weighted by Gasteiger charge is 2.24. The average Bonchev–Trinajstić information content (AvgIpc) is 2.89. The van der Waals surface area contributed by atoms with Gasteiger partial charge in [-0.25, -0.2) is 0 Å². The van der Waals surface area contributed by atoms with Crippen molar-refractivity contribution in [2.75, 3.05) is 0 Å². The van der Waals surface area contributed by atoms with Gasteiger partial charge in [-0.05, 0) is 39.2 Å². The van der Waals surface area contributed by atoms with Crippen LogP contribution in [0.5, 0.6) is 0 Å². The molecule has 0 heterocycles. The van der Waals surface area contributed by atoms with Crippen molar-refractivity contribution in [3.8, 4) is 0 Å². The van der Waals surface area contributed by atoms with E-state index >= 15 is 0 Å². The minimum absolute atomic E-state index is 0.200. The SMILES string of the molecule is CC(C)c1cc(C(C)(C)C)ccc1C1C=Cc2ccccc21. The second kappa shape index (κ2) is 5.43. The Labute approximate surface area is 134 Å². The van der Waals surface area contributed by atoms with E-state index in [-0.39, 0.29) is 5.41 Å². The summed E-state index contributed by atoms with van der Waals surface area (Å²) in [7, 11) is 0. The van der Waals surface area contributed by atoms with E-state index in [0.29, 0.717) is 11.8 Å². The Morgan fingerprint density at radius 3 is 2.32 bits per heavy atom. The van der Waals surface area contributed by atoms with Gasteiger partial charge in [0.1, 0.15) is 0 Å². The lowest BCUT2D eigenvalue weighted by molar-refractivity contribution is 0.588. The Balaban J connectivity index is 2.11. The van der Waals surface area contributed by atoms with E-state index < -0.39 is 0 Å². The van der Waals surface area contributed by atoms with Crippen LogP contribution in [0.15, 0.2) is 48.5 Å². The van der Waals surface area contributed by atoms with Gasteiger partial charge in [-0.15, -0.1) is 0 Å². The van der Waals surface area contributed by atoms with Crippen LogP contribution in [0.3, 0.4) is 0 Å². The fraction of sp³-hybridized carbons (Fsp3) is 0.364. The highest BCUT2D eigenvalue weighted by molar-refractivity contribution is 5.66. The normalized spacial score (nSPS) is 17.1. The first-order chi connectivity index (χ1) is 10.4. The van der Waals surface area contributed by atoms with E-state index in [0.717, 1.165) is 0 Å². The first kappa shape index (κ1) is 15.1. The number of fused-ring (bicyclic) bond motifs is 1. The van der Waals surface area contributed by atoms with Gasteiger partial charge in [0, 0.05) is 5.92 Å². The Kier molecular flexibility index (Phi) is 3.72. The second-order valence-corrected chi connectivity index (χ2v) is 7.71. The molecule has 0 heteroatoms. The molecule has 0 N–H and O–H groups in total. The molecular weight excluding hydrogens is 264 g/mol. The molecule has 0 spiro atoms. The third kappa shape index (κ3) is 2.63. The summed E-state index contributed by atoms with van der Waals surface area (Å²) in [5.41, 5.74) is 7.37. The molecule has 0 nitrogen and oxygen atoms in total. The summed E-state index contributed by atoms with van der Waals surface area (Å²) in [6, 6.07) is 15.8. The van der Waals surface area contributed by atoms with Gasteiger partial charge >= 0.3 is 0 Å². The molecule has 0 bridgehead atoms. The molecule has 2 aromatic carbocycles. The quantitative estimate of drug-likeness (QED) is 0.611. The van der Waals surface area contributed by atoms with Crippen molar-refractivity contribution in [2.45, 2.75) is 51.9 Å². The first-order valence-electron chi connectivity index (χ1n) is 8.29. The van der Waals surface area contributed by atoms with E-state index in [9.17, 15) is 0 Å². The smallest absolute Gasteiger partial charge is 0.0281 e. The fourth-order valence-corrected chi connectivity index (χ4v) is 3.35. The monoisotopic (exact) mass is 290 g/mol. The van der Waals surface area contributed by atoms with Gasteiger partial charge in [0.05, 0.1) is 0 Å². The van der Waals surface area contributed by atoms with Crippen LogP contribution in [0.1, 0.15) is 74.3 Å². The van der Waals surface area contributed by atoms with E-state index in [1.807, 2.05) is 0 Å². The molecule has 22 heavy (non-hydrogen) atoms. The van der Waals surface area contributed by atoms with Crippen molar-refractivity contribution in [2.24, 2.45) is 0 Å². The molecule has 1 aliphatic rings. The van der Waals surface area contributed by atoms with E-state index in [4.69, 9.17) is 0 Å². The lowest BCUT2D eigenvalue weighted by Gasteiger charge is -2.25. The zero-order valence-electron chi connectivity index (χ0n) is 14.4. The molecule has 3 rings (SSSR count). The molecule has 0 fully saturated rings. The van der Waals surface area contributed by atoms with Crippen LogP contribution < -0.4 is 0 Å². The predicted octanol–water partition coefficient (Wildman–Crippen LogP) is 6.27. The summed E-state index contributed by atoms with van der Waals surface area (Å²) < 4.78 is 0. The van der Waals surface area contributed by atoms with Gasteiger partial charge in [-0.2, -0.15) is 0 Å². The molecule has 0 aromatic heterocycles. The van der Waals surface area contributed by atoms with Crippen LogP contribution in [0.25, 0.3) is 6.08 Å². The van der Waals surface area contributed by atoms with E-state index in [1.54, 1.807) is 0 Å². The number of benzene rings is 2. The number of hydrogen-bond donors (Lipinski definition) is 0. The molecule has 1 atom stereocenters. The third-order valence-electron chi connectivity index (χ3n) is 4.71. The van der Waals surface area contributed by atoms with Crippen molar-refractivity contribution in [3.63, 3.8) is 0 Å². The number of hydrogen-bond acceptors (Lipinski definition) is 0. The maximum Gasteiger partial charge on any atom is 0.0281 e. The molecule has 0 radical (unpaired) electrons. The van der Waals surface area contributed by atoms with Gasteiger partial charge in [0.15, 0.2) is 0 Å². The molecule has 1 aliphatic carbocycles. The number of rotatable bonds is 2. The third-order valence-corrected chi connectivity index (χ3v) is 4.71. The Hall–Kier alpha value is -1.82. The van der Waals surface area contributed by atoms with Crippen molar-refractivity contribution in [3.05, 3.63) is 76.4 Å². The summed E-state index contributed by atoms with van der Waals surface area (Å²) in [5.74, 6) is 0.945. The van der Waals surface area contributed by atoms with Crippen LogP contribution in [0.4, 0.5) is 0 Å². The van der Waals surface area contributed by atoms with Gasteiger partial charge in [-0.3, -0.25) is 0 Å². The van der Waals surface area contributed by atoms with Gasteiger partial charge in [0.25, 0.3) is 0 Å². The summed E-state index contributed by atoms with van der Waals surface area (Å²) in [5, 5.41) is 0. The maximum absolute atomic E-state index is 2.43. The van der Waals surface area contributed by atoms with Crippen LogP contribution in [-0.4, -0.2) is 0 Å². The topological polar surface area (TPSA) is 0 Å². The van der Waals surface area contributed by atoms with Crippen molar-refractivity contribution < 1.29 is 0 Å². The van der Waals surface area contributed by atoms with Crippen LogP contribution in [0, 0.1) is 0 Å². The molecular formula is C22H26. The summed E-state index contributed by atoms with van der Waals surface area (Å²) >= 11 is 0. The first-order valence-corrected chi connectivity index (χ1v) is 8.29. The second-order valence-electron chi connectivity index (χ2n) is 7.71. The molecule has 114 valence electrons. The van der Waals surface area contributed by atoms with Gasteiger partial charge in [0.2, 0.25) is 0 Å². The summed E-state index contributed by atoms with van der Waals surface area (Å²) in [6.07, 6.45) is 4.62. The molecule has 0 amide bonds. The predicted molar refractivity (Wildman–Crippen MR) is 96.6 cm³/mol. The fourth-order valence-electron chi connectivity index (χ4n) is 3.35.